The summed E-state index contributed by atoms with van der Waals surface area (Å²) >= 11 is 1.54. The van der Waals surface area contributed by atoms with Gasteiger partial charge in [0.15, 0.2) is 5.69 Å². The summed E-state index contributed by atoms with van der Waals surface area (Å²) in [5.74, 6) is -0.453. The summed E-state index contributed by atoms with van der Waals surface area (Å²) in [7, 11) is 1.65. The molecule has 0 fully saturated rings. The molecule has 0 bridgehead atoms. The Morgan fingerprint density at radius 2 is 2.50 bits per heavy atom. The van der Waals surface area contributed by atoms with Gasteiger partial charge in [-0.05, 0) is 11.4 Å². The van der Waals surface area contributed by atoms with Crippen molar-refractivity contribution in [3.8, 4) is 0 Å². The van der Waals surface area contributed by atoms with E-state index in [-0.39, 0.29) is 12.3 Å². The highest BCUT2D eigenvalue weighted by Gasteiger charge is 2.16. The minimum atomic E-state index is -0.453. The second-order valence-corrected chi connectivity index (χ2v) is 4.26. The molecule has 0 atom stereocenters. The number of hydrogen-bond acceptors (Lipinski definition) is 5. The van der Waals surface area contributed by atoms with Crippen molar-refractivity contribution < 1.29 is 9.53 Å². The predicted octanol–water partition coefficient (Wildman–Crippen LogP) is 1.42. The Bertz CT molecular complexity index is 471. The van der Waals surface area contributed by atoms with Gasteiger partial charge in [0.25, 0.3) is 0 Å². The number of nitrogen functional groups attached to an aromatic ring is 1. The molecule has 0 aromatic carbocycles. The quantitative estimate of drug-likeness (QED) is 0.820. The Hall–Kier alpha value is -1.82. The Kier molecular flexibility index (Phi) is 2.91. The van der Waals surface area contributed by atoms with E-state index in [1.165, 1.54) is 22.2 Å². The molecule has 0 radical (unpaired) electrons. The van der Waals surface area contributed by atoms with E-state index in [2.05, 4.69) is 5.10 Å². The third kappa shape index (κ3) is 2.06. The topological polar surface area (TPSA) is 70.1 Å². The number of rotatable bonds is 3. The molecule has 2 aromatic heterocycles. The molecule has 0 aliphatic heterocycles. The number of hydrogen-bond donors (Lipinski definition) is 1. The van der Waals surface area contributed by atoms with Crippen molar-refractivity contribution >= 4 is 23.0 Å². The number of ether oxygens (including phenoxy) is 1. The number of esters is 1. The van der Waals surface area contributed by atoms with E-state index in [4.69, 9.17) is 10.5 Å². The molecule has 16 heavy (non-hydrogen) atoms. The summed E-state index contributed by atoms with van der Waals surface area (Å²) in [6.45, 7) is 0.265. The number of carbonyl (C=O) groups excluding carboxylic acids is 1. The SMILES string of the molecule is Cn1ncc(N)c1C(=O)OCc1cccs1. The van der Waals surface area contributed by atoms with Gasteiger partial charge in [0.05, 0.1) is 11.9 Å². The summed E-state index contributed by atoms with van der Waals surface area (Å²) in [5, 5.41) is 5.81. The Morgan fingerprint density at radius 3 is 3.06 bits per heavy atom. The molecule has 0 saturated carbocycles. The third-order valence-corrected chi connectivity index (χ3v) is 2.94. The van der Waals surface area contributed by atoms with Gasteiger partial charge in [-0.25, -0.2) is 4.79 Å². The first kappa shape index (κ1) is 10.7. The second-order valence-electron chi connectivity index (χ2n) is 3.23. The monoisotopic (exact) mass is 237 g/mol. The molecular formula is C10H11N3O2S. The van der Waals surface area contributed by atoms with Gasteiger partial charge in [-0.15, -0.1) is 11.3 Å². The van der Waals surface area contributed by atoms with Crippen LogP contribution in [0.1, 0.15) is 15.4 Å². The predicted molar refractivity (Wildman–Crippen MR) is 61.1 cm³/mol. The minimum Gasteiger partial charge on any atom is -0.455 e. The van der Waals surface area contributed by atoms with Gasteiger partial charge in [0.1, 0.15) is 6.61 Å². The van der Waals surface area contributed by atoms with Gasteiger partial charge >= 0.3 is 5.97 Å². The zero-order valence-electron chi connectivity index (χ0n) is 8.71. The van der Waals surface area contributed by atoms with Crippen LogP contribution in [0.2, 0.25) is 0 Å². The number of aryl methyl sites for hydroxylation is 1. The van der Waals surface area contributed by atoms with E-state index < -0.39 is 5.97 Å². The first-order valence-corrected chi connectivity index (χ1v) is 5.53. The van der Waals surface area contributed by atoms with Gasteiger partial charge < -0.3 is 10.5 Å². The van der Waals surface area contributed by atoms with Gasteiger partial charge in [0, 0.05) is 11.9 Å². The molecule has 0 unspecified atom stereocenters. The summed E-state index contributed by atoms with van der Waals surface area (Å²) in [6.07, 6.45) is 1.43. The number of thiophene rings is 1. The fraction of sp³-hybridized carbons (Fsp3) is 0.200. The molecule has 0 spiro atoms. The number of nitrogens with two attached hydrogens (primary N) is 1. The molecule has 5 nitrogen and oxygen atoms in total. The lowest BCUT2D eigenvalue weighted by Crippen LogP contribution is -2.12. The van der Waals surface area contributed by atoms with Crippen LogP contribution in [-0.2, 0) is 18.4 Å². The maximum atomic E-state index is 11.7. The smallest absolute Gasteiger partial charge is 0.359 e. The Balaban J connectivity index is 2.04. The zero-order chi connectivity index (χ0) is 11.5. The van der Waals surface area contributed by atoms with Crippen LogP contribution >= 0.6 is 11.3 Å². The van der Waals surface area contributed by atoms with E-state index in [9.17, 15) is 4.79 Å². The van der Waals surface area contributed by atoms with E-state index in [1.54, 1.807) is 7.05 Å². The lowest BCUT2D eigenvalue weighted by atomic mass is 10.4. The van der Waals surface area contributed by atoms with Crippen molar-refractivity contribution in [1.82, 2.24) is 9.78 Å². The van der Waals surface area contributed by atoms with Crippen LogP contribution in [0.25, 0.3) is 0 Å². The largest absolute Gasteiger partial charge is 0.455 e. The van der Waals surface area contributed by atoms with Crippen LogP contribution in [0.15, 0.2) is 23.7 Å². The minimum absolute atomic E-state index is 0.265. The number of aromatic nitrogens is 2. The van der Waals surface area contributed by atoms with Crippen molar-refractivity contribution in [3.63, 3.8) is 0 Å². The average molecular weight is 237 g/mol. The van der Waals surface area contributed by atoms with Gasteiger partial charge in [-0.3, -0.25) is 4.68 Å². The van der Waals surface area contributed by atoms with Crippen molar-refractivity contribution in [3.05, 3.63) is 34.3 Å². The normalized spacial score (nSPS) is 10.3. The first-order chi connectivity index (χ1) is 7.68. The lowest BCUT2D eigenvalue weighted by molar-refractivity contribution is 0.0465. The number of carbonyl (C=O) groups is 1. The molecule has 0 aliphatic carbocycles. The van der Waals surface area contributed by atoms with Crippen LogP contribution in [0.3, 0.4) is 0 Å². The average Bonchev–Trinajstić information content (AvgIpc) is 2.86. The van der Waals surface area contributed by atoms with Crippen LogP contribution in [0.5, 0.6) is 0 Å². The highest BCUT2D eigenvalue weighted by atomic mass is 32.1. The maximum Gasteiger partial charge on any atom is 0.359 e. The summed E-state index contributed by atoms with van der Waals surface area (Å²) in [4.78, 5) is 12.7. The van der Waals surface area contributed by atoms with Crippen molar-refractivity contribution in [2.24, 2.45) is 7.05 Å². The number of nitrogens with zero attached hydrogens (tertiary/aromatic N) is 2. The molecule has 0 saturated heterocycles. The molecule has 0 amide bonds. The van der Waals surface area contributed by atoms with Crippen LogP contribution in [0.4, 0.5) is 5.69 Å². The highest BCUT2D eigenvalue weighted by molar-refractivity contribution is 7.09. The van der Waals surface area contributed by atoms with Crippen molar-refractivity contribution in [2.75, 3.05) is 5.73 Å². The molecule has 2 rings (SSSR count). The molecule has 2 heterocycles. The zero-order valence-corrected chi connectivity index (χ0v) is 9.53. The van der Waals surface area contributed by atoms with Gasteiger partial charge in [-0.1, -0.05) is 6.07 Å². The van der Waals surface area contributed by atoms with Gasteiger partial charge in [-0.2, -0.15) is 5.10 Å². The van der Waals surface area contributed by atoms with E-state index in [0.29, 0.717) is 5.69 Å². The second kappa shape index (κ2) is 4.36. The van der Waals surface area contributed by atoms with Gasteiger partial charge in [0.2, 0.25) is 0 Å². The van der Waals surface area contributed by atoms with E-state index in [1.807, 2.05) is 17.5 Å². The van der Waals surface area contributed by atoms with Crippen LogP contribution in [0, 0.1) is 0 Å². The lowest BCUT2D eigenvalue weighted by Gasteiger charge is -2.04. The summed E-state index contributed by atoms with van der Waals surface area (Å²) in [6, 6.07) is 3.82. The summed E-state index contributed by atoms with van der Waals surface area (Å²) in [5.41, 5.74) is 6.23. The molecule has 84 valence electrons. The Labute approximate surface area is 96.4 Å². The Morgan fingerprint density at radius 1 is 1.69 bits per heavy atom. The maximum absolute atomic E-state index is 11.7. The van der Waals surface area contributed by atoms with Crippen molar-refractivity contribution in [1.29, 1.82) is 0 Å². The molecule has 2 N–H and O–H groups in total. The van der Waals surface area contributed by atoms with Crippen LogP contribution in [-0.4, -0.2) is 15.7 Å². The fourth-order valence-corrected chi connectivity index (χ4v) is 1.92. The third-order valence-electron chi connectivity index (χ3n) is 2.09. The van der Waals surface area contributed by atoms with E-state index in [0.717, 1.165) is 4.88 Å². The highest BCUT2D eigenvalue weighted by Crippen LogP contribution is 2.14. The first-order valence-electron chi connectivity index (χ1n) is 4.65. The van der Waals surface area contributed by atoms with E-state index >= 15 is 0 Å². The molecule has 0 aliphatic rings. The molecule has 2 aromatic rings. The molecular weight excluding hydrogens is 226 g/mol. The fourth-order valence-electron chi connectivity index (χ4n) is 1.30. The summed E-state index contributed by atoms with van der Waals surface area (Å²) < 4.78 is 6.53. The standard InChI is InChI=1S/C10H11N3O2S/c1-13-9(8(11)5-12-13)10(14)15-6-7-3-2-4-16-7/h2-5H,6,11H2,1H3. The molecule has 6 heteroatoms. The number of anilines is 1. The van der Waals surface area contributed by atoms with Crippen LogP contribution < -0.4 is 5.73 Å². The van der Waals surface area contributed by atoms with Crippen molar-refractivity contribution in [2.45, 2.75) is 6.61 Å².